The highest BCUT2D eigenvalue weighted by molar-refractivity contribution is 7.71. The molecule has 0 aliphatic heterocycles. The summed E-state index contributed by atoms with van der Waals surface area (Å²) in [6, 6.07) is 2.06. The van der Waals surface area contributed by atoms with E-state index in [0.717, 1.165) is 18.7 Å². The van der Waals surface area contributed by atoms with Crippen molar-refractivity contribution in [2.75, 3.05) is 0 Å². The van der Waals surface area contributed by atoms with Gasteiger partial charge >= 0.3 is 0 Å². The topological polar surface area (TPSA) is 91.4 Å². The first-order valence-electron chi connectivity index (χ1n) is 5.69. The van der Waals surface area contributed by atoms with Gasteiger partial charge in [0, 0.05) is 12.2 Å². The van der Waals surface area contributed by atoms with E-state index in [2.05, 4.69) is 25.7 Å². The molecule has 2 aromatic heterocycles. The number of nitrogens with zero attached hydrogens (tertiary/aromatic N) is 3. The molecule has 1 aliphatic rings. The molecule has 0 atom stereocenters. The van der Waals surface area contributed by atoms with Crippen molar-refractivity contribution >= 4 is 18.1 Å². The second-order valence-corrected chi connectivity index (χ2v) is 4.59. The summed E-state index contributed by atoms with van der Waals surface area (Å²) in [4.78, 5) is 11.7. The van der Waals surface area contributed by atoms with Crippen LogP contribution in [0, 0.1) is 4.77 Å². The summed E-state index contributed by atoms with van der Waals surface area (Å²) in [6.45, 7) is 0.349. The Balaban J connectivity index is 1.70. The zero-order valence-corrected chi connectivity index (χ0v) is 10.3. The predicted molar refractivity (Wildman–Crippen MR) is 65.4 cm³/mol. The molecule has 0 aromatic carbocycles. The maximum atomic E-state index is 11.7. The maximum absolute atomic E-state index is 11.7. The second kappa shape index (κ2) is 4.37. The molecule has 1 amide bonds. The molecule has 94 valence electrons. The number of nitrogens with one attached hydrogen (secondary N) is 3. The molecule has 18 heavy (non-hydrogen) atoms. The summed E-state index contributed by atoms with van der Waals surface area (Å²) in [5.41, 5.74) is 0.433. The second-order valence-electron chi connectivity index (χ2n) is 4.20. The van der Waals surface area contributed by atoms with Crippen LogP contribution in [0.1, 0.15) is 35.2 Å². The Kier molecular flexibility index (Phi) is 2.71. The quantitative estimate of drug-likeness (QED) is 0.716. The molecular formula is C10H12N6OS. The van der Waals surface area contributed by atoms with E-state index in [1.807, 2.05) is 4.57 Å². The van der Waals surface area contributed by atoms with Gasteiger partial charge in [-0.15, -0.1) is 0 Å². The minimum atomic E-state index is -0.205. The third kappa shape index (κ3) is 2.06. The lowest BCUT2D eigenvalue weighted by Crippen LogP contribution is -2.25. The highest BCUT2D eigenvalue weighted by Gasteiger charge is 2.27. The largest absolute Gasteiger partial charge is 0.343 e. The van der Waals surface area contributed by atoms with Crippen LogP contribution < -0.4 is 5.32 Å². The number of amides is 1. The van der Waals surface area contributed by atoms with Crippen LogP contribution in [0.25, 0.3) is 0 Å². The SMILES string of the molecule is O=C(NCc1n[nH]c(=S)n1C1CC1)c1ccn[nH]1. The Morgan fingerprint density at radius 1 is 1.56 bits per heavy atom. The number of aromatic nitrogens is 5. The Morgan fingerprint density at radius 2 is 2.39 bits per heavy atom. The molecular weight excluding hydrogens is 252 g/mol. The number of hydrogen-bond donors (Lipinski definition) is 3. The van der Waals surface area contributed by atoms with Crippen molar-refractivity contribution in [3.63, 3.8) is 0 Å². The van der Waals surface area contributed by atoms with Crippen molar-refractivity contribution in [3.05, 3.63) is 28.6 Å². The van der Waals surface area contributed by atoms with Crippen molar-refractivity contribution in [2.24, 2.45) is 0 Å². The van der Waals surface area contributed by atoms with Crippen molar-refractivity contribution in [2.45, 2.75) is 25.4 Å². The number of carbonyl (C=O) groups excluding carboxylic acids is 1. The van der Waals surface area contributed by atoms with Crippen LogP contribution >= 0.6 is 12.2 Å². The molecule has 1 fully saturated rings. The Bertz CT molecular complexity index is 609. The summed E-state index contributed by atoms with van der Waals surface area (Å²) in [5.74, 6) is 0.555. The fourth-order valence-corrected chi connectivity index (χ4v) is 2.11. The third-order valence-electron chi connectivity index (χ3n) is 2.84. The number of rotatable bonds is 4. The summed E-state index contributed by atoms with van der Waals surface area (Å²) >= 11 is 5.16. The van der Waals surface area contributed by atoms with Crippen LogP contribution in [0.15, 0.2) is 12.3 Å². The smallest absolute Gasteiger partial charge is 0.269 e. The van der Waals surface area contributed by atoms with Gasteiger partial charge in [-0.3, -0.25) is 19.6 Å². The zero-order valence-electron chi connectivity index (χ0n) is 9.51. The van der Waals surface area contributed by atoms with E-state index in [0.29, 0.717) is 23.1 Å². The molecule has 1 saturated carbocycles. The average molecular weight is 264 g/mol. The molecule has 0 spiro atoms. The van der Waals surface area contributed by atoms with Gasteiger partial charge in [0.25, 0.3) is 5.91 Å². The highest BCUT2D eigenvalue weighted by atomic mass is 32.1. The number of hydrogen-bond acceptors (Lipinski definition) is 4. The fourth-order valence-electron chi connectivity index (χ4n) is 1.81. The lowest BCUT2D eigenvalue weighted by molar-refractivity contribution is 0.0944. The lowest BCUT2D eigenvalue weighted by Gasteiger charge is -2.05. The standard InChI is InChI=1S/C10H12N6OS/c17-9(7-3-4-12-13-7)11-5-8-14-15-10(18)16(8)6-1-2-6/h3-4,6H,1-2,5H2,(H,11,17)(H,12,13)(H,15,18). The number of carbonyl (C=O) groups is 1. The molecule has 2 aromatic rings. The van der Waals surface area contributed by atoms with Crippen molar-refractivity contribution in [1.82, 2.24) is 30.3 Å². The van der Waals surface area contributed by atoms with Gasteiger partial charge in [0.15, 0.2) is 10.6 Å². The minimum Gasteiger partial charge on any atom is -0.343 e. The maximum Gasteiger partial charge on any atom is 0.269 e. The van der Waals surface area contributed by atoms with Crippen LogP contribution in [0.3, 0.4) is 0 Å². The van der Waals surface area contributed by atoms with Gasteiger partial charge in [-0.05, 0) is 31.1 Å². The van der Waals surface area contributed by atoms with Gasteiger partial charge in [-0.25, -0.2) is 0 Å². The van der Waals surface area contributed by atoms with Crippen LogP contribution in [0.5, 0.6) is 0 Å². The third-order valence-corrected chi connectivity index (χ3v) is 3.13. The molecule has 3 rings (SSSR count). The number of aromatic amines is 2. The van der Waals surface area contributed by atoms with E-state index >= 15 is 0 Å². The summed E-state index contributed by atoms with van der Waals surface area (Å²) in [5, 5.41) is 16.0. The number of H-pyrrole nitrogens is 2. The normalized spacial score (nSPS) is 14.7. The summed E-state index contributed by atoms with van der Waals surface area (Å²) in [6.07, 6.45) is 3.78. The highest BCUT2D eigenvalue weighted by Crippen LogP contribution is 2.35. The molecule has 7 nitrogen and oxygen atoms in total. The summed E-state index contributed by atoms with van der Waals surface area (Å²) < 4.78 is 2.59. The van der Waals surface area contributed by atoms with Gasteiger partial charge < -0.3 is 5.32 Å². The van der Waals surface area contributed by atoms with E-state index in [1.54, 1.807) is 6.07 Å². The first-order valence-corrected chi connectivity index (χ1v) is 6.10. The van der Waals surface area contributed by atoms with Crippen LogP contribution in [-0.4, -0.2) is 30.9 Å². The fraction of sp³-hybridized carbons (Fsp3) is 0.400. The Morgan fingerprint density at radius 3 is 3.06 bits per heavy atom. The molecule has 0 bridgehead atoms. The average Bonchev–Trinajstić information content (AvgIpc) is 2.92. The van der Waals surface area contributed by atoms with Crippen LogP contribution in [-0.2, 0) is 6.54 Å². The first-order chi connectivity index (χ1) is 8.75. The van der Waals surface area contributed by atoms with E-state index in [1.165, 1.54) is 6.20 Å². The van der Waals surface area contributed by atoms with E-state index in [-0.39, 0.29) is 5.91 Å². The van der Waals surface area contributed by atoms with E-state index in [4.69, 9.17) is 12.2 Å². The van der Waals surface area contributed by atoms with Crippen molar-refractivity contribution < 1.29 is 4.79 Å². The van der Waals surface area contributed by atoms with Gasteiger partial charge in [-0.2, -0.15) is 10.2 Å². The van der Waals surface area contributed by atoms with Gasteiger partial charge in [0.05, 0.1) is 6.54 Å². The van der Waals surface area contributed by atoms with E-state index in [9.17, 15) is 4.79 Å². The molecule has 1 aliphatic carbocycles. The summed E-state index contributed by atoms with van der Waals surface area (Å²) in [7, 11) is 0. The Labute approximate surface area is 108 Å². The molecule has 3 N–H and O–H groups in total. The minimum absolute atomic E-state index is 0.205. The van der Waals surface area contributed by atoms with Crippen molar-refractivity contribution in [3.8, 4) is 0 Å². The molecule has 0 saturated heterocycles. The van der Waals surface area contributed by atoms with E-state index < -0.39 is 0 Å². The van der Waals surface area contributed by atoms with Gasteiger partial charge in [0.2, 0.25) is 0 Å². The van der Waals surface area contributed by atoms with Crippen molar-refractivity contribution in [1.29, 1.82) is 0 Å². The predicted octanol–water partition coefficient (Wildman–Crippen LogP) is 0.929. The Hall–Kier alpha value is -1.96. The van der Waals surface area contributed by atoms with Crippen LogP contribution in [0.2, 0.25) is 0 Å². The lowest BCUT2D eigenvalue weighted by atomic mass is 10.4. The first kappa shape index (κ1) is 11.1. The van der Waals surface area contributed by atoms with Gasteiger partial charge in [-0.1, -0.05) is 0 Å². The van der Waals surface area contributed by atoms with Crippen LogP contribution in [0.4, 0.5) is 0 Å². The molecule has 2 heterocycles. The monoisotopic (exact) mass is 264 g/mol. The molecule has 0 unspecified atom stereocenters. The molecule has 8 heteroatoms. The zero-order chi connectivity index (χ0) is 12.5. The molecule has 0 radical (unpaired) electrons. The van der Waals surface area contributed by atoms with Gasteiger partial charge in [0.1, 0.15) is 5.69 Å².